The van der Waals surface area contributed by atoms with Crippen molar-refractivity contribution in [3.05, 3.63) is 40.6 Å². The predicted molar refractivity (Wildman–Crippen MR) is 74.8 cm³/mol. The molecule has 0 saturated heterocycles. The van der Waals surface area contributed by atoms with Gasteiger partial charge in [-0.3, -0.25) is 9.78 Å². The minimum Gasteiger partial charge on any atom is -0.497 e. The summed E-state index contributed by atoms with van der Waals surface area (Å²) < 4.78 is 5.11. The molecule has 0 radical (unpaired) electrons. The summed E-state index contributed by atoms with van der Waals surface area (Å²) in [7, 11) is 1.60. The monoisotopic (exact) mass is 294 g/mol. The lowest BCUT2D eigenvalue weighted by atomic mass is 10.3. The Labute approximate surface area is 119 Å². The van der Waals surface area contributed by atoms with Gasteiger partial charge in [-0.1, -0.05) is 6.07 Å². The number of methoxy groups -OCH3 is 1. The van der Waals surface area contributed by atoms with Crippen LogP contribution in [0.2, 0.25) is 0 Å². The number of aromatic amines is 2. The highest BCUT2D eigenvalue weighted by Crippen LogP contribution is 2.22. The highest BCUT2D eigenvalue weighted by Gasteiger charge is 2.05. The van der Waals surface area contributed by atoms with Crippen molar-refractivity contribution in [3.63, 3.8) is 0 Å². The number of carbonyl (C=O) groups is 1. The molecule has 2 aromatic rings. The van der Waals surface area contributed by atoms with Gasteiger partial charge < -0.3 is 10.1 Å². The van der Waals surface area contributed by atoms with Crippen molar-refractivity contribution in [2.45, 2.75) is 11.4 Å². The molecule has 0 atom stereocenters. The molecule has 106 valence electrons. The van der Waals surface area contributed by atoms with Crippen molar-refractivity contribution < 1.29 is 9.53 Å². The molecular formula is C12H14N4O3S. The van der Waals surface area contributed by atoms with Gasteiger partial charge in [-0.15, -0.1) is 11.8 Å². The Morgan fingerprint density at radius 2 is 2.35 bits per heavy atom. The number of H-pyrrole nitrogens is 2. The van der Waals surface area contributed by atoms with E-state index in [0.717, 1.165) is 10.6 Å². The van der Waals surface area contributed by atoms with Crippen LogP contribution in [0, 0.1) is 0 Å². The fourth-order valence-corrected chi connectivity index (χ4v) is 2.24. The van der Waals surface area contributed by atoms with Gasteiger partial charge in [-0.2, -0.15) is 5.10 Å². The fraction of sp³-hybridized carbons (Fsp3) is 0.250. The number of benzene rings is 1. The van der Waals surface area contributed by atoms with Crippen LogP contribution in [0.1, 0.15) is 5.82 Å². The van der Waals surface area contributed by atoms with Crippen molar-refractivity contribution in [1.29, 1.82) is 0 Å². The predicted octanol–water partition coefficient (Wildman–Crippen LogP) is 0.515. The maximum absolute atomic E-state index is 11.7. The number of thioether (sulfide) groups is 1. The van der Waals surface area contributed by atoms with Crippen LogP contribution >= 0.6 is 11.8 Å². The van der Waals surface area contributed by atoms with Gasteiger partial charge >= 0.3 is 5.69 Å². The number of carbonyl (C=O) groups excluding carboxylic acids is 1. The summed E-state index contributed by atoms with van der Waals surface area (Å²) in [6, 6.07) is 7.49. The normalized spacial score (nSPS) is 10.2. The van der Waals surface area contributed by atoms with Gasteiger partial charge in [0.1, 0.15) is 11.6 Å². The number of amides is 1. The van der Waals surface area contributed by atoms with Gasteiger partial charge in [0.2, 0.25) is 5.91 Å². The second kappa shape index (κ2) is 6.80. The average Bonchev–Trinajstić information content (AvgIpc) is 2.89. The number of rotatable bonds is 6. The van der Waals surface area contributed by atoms with Crippen LogP contribution in [0.4, 0.5) is 0 Å². The third-order valence-electron chi connectivity index (χ3n) is 2.41. The van der Waals surface area contributed by atoms with Crippen LogP contribution in [-0.4, -0.2) is 34.0 Å². The largest absolute Gasteiger partial charge is 0.497 e. The molecule has 7 nitrogen and oxygen atoms in total. The number of nitrogens with one attached hydrogen (secondary N) is 3. The van der Waals surface area contributed by atoms with Crippen molar-refractivity contribution in [2.75, 3.05) is 12.9 Å². The second-order valence-corrected chi connectivity index (χ2v) is 4.92. The first-order chi connectivity index (χ1) is 9.67. The van der Waals surface area contributed by atoms with Crippen LogP contribution in [0.25, 0.3) is 0 Å². The van der Waals surface area contributed by atoms with Gasteiger partial charge in [0, 0.05) is 4.90 Å². The number of aromatic nitrogens is 3. The third-order valence-corrected chi connectivity index (χ3v) is 3.41. The summed E-state index contributed by atoms with van der Waals surface area (Å²) in [6.07, 6.45) is 0. The number of hydrogen-bond acceptors (Lipinski definition) is 5. The molecule has 8 heteroatoms. The molecule has 0 saturated carbocycles. The van der Waals surface area contributed by atoms with Crippen LogP contribution in [0.5, 0.6) is 5.75 Å². The lowest BCUT2D eigenvalue weighted by molar-refractivity contribution is -0.118. The molecule has 2 rings (SSSR count). The molecule has 0 bridgehead atoms. The van der Waals surface area contributed by atoms with E-state index in [1.165, 1.54) is 11.8 Å². The van der Waals surface area contributed by atoms with Gasteiger partial charge in [-0.05, 0) is 18.2 Å². The van der Waals surface area contributed by atoms with E-state index in [9.17, 15) is 9.59 Å². The maximum atomic E-state index is 11.7. The zero-order chi connectivity index (χ0) is 14.4. The lowest BCUT2D eigenvalue weighted by Crippen LogP contribution is -2.25. The first kappa shape index (κ1) is 14.2. The van der Waals surface area contributed by atoms with Crippen molar-refractivity contribution in [3.8, 4) is 5.75 Å². The Kier molecular flexibility index (Phi) is 4.83. The standard InChI is InChI=1S/C12H14N4O3S/c1-19-8-3-2-4-9(5-8)20-7-11(17)13-6-10-14-12(18)16-15-10/h2-5H,6-7H2,1H3,(H,13,17)(H2,14,15,16,18). The molecular weight excluding hydrogens is 280 g/mol. The minimum absolute atomic E-state index is 0.137. The number of nitrogens with zero attached hydrogens (tertiary/aromatic N) is 1. The molecule has 0 aliphatic heterocycles. The quantitative estimate of drug-likeness (QED) is 0.674. The van der Waals surface area contributed by atoms with Gasteiger partial charge in [0.25, 0.3) is 0 Å². The Morgan fingerprint density at radius 3 is 3.05 bits per heavy atom. The zero-order valence-electron chi connectivity index (χ0n) is 10.8. The van der Waals surface area contributed by atoms with E-state index in [0.29, 0.717) is 5.82 Å². The Hall–Kier alpha value is -2.22. The van der Waals surface area contributed by atoms with Crippen molar-refractivity contribution in [2.24, 2.45) is 0 Å². The lowest BCUT2D eigenvalue weighted by Gasteiger charge is -2.05. The first-order valence-corrected chi connectivity index (χ1v) is 6.83. The van der Waals surface area contributed by atoms with E-state index in [1.54, 1.807) is 7.11 Å². The molecule has 20 heavy (non-hydrogen) atoms. The Morgan fingerprint density at radius 1 is 1.50 bits per heavy atom. The minimum atomic E-state index is -0.389. The third kappa shape index (κ3) is 4.16. The van der Waals surface area contributed by atoms with Crippen LogP contribution in [0.15, 0.2) is 34.0 Å². The van der Waals surface area contributed by atoms with Crippen molar-refractivity contribution >= 4 is 17.7 Å². The van der Waals surface area contributed by atoms with Crippen molar-refractivity contribution in [1.82, 2.24) is 20.5 Å². The molecule has 1 aromatic heterocycles. The highest BCUT2D eigenvalue weighted by atomic mass is 32.2. The Bertz CT molecular complexity index is 637. The number of ether oxygens (including phenoxy) is 1. The zero-order valence-corrected chi connectivity index (χ0v) is 11.6. The van der Waals surface area contributed by atoms with Crippen LogP contribution < -0.4 is 15.7 Å². The van der Waals surface area contributed by atoms with Gasteiger partial charge in [-0.25, -0.2) is 9.89 Å². The SMILES string of the molecule is COc1cccc(SCC(=O)NCc2n[nH]c(=O)[nH]2)c1. The summed E-state index contributed by atoms with van der Waals surface area (Å²) in [4.78, 5) is 25.9. The van der Waals surface area contributed by atoms with E-state index >= 15 is 0 Å². The molecule has 1 aromatic carbocycles. The molecule has 0 aliphatic carbocycles. The number of hydrogen-bond donors (Lipinski definition) is 3. The van der Waals surface area contributed by atoms with Gasteiger partial charge in [0.05, 0.1) is 19.4 Å². The highest BCUT2D eigenvalue weighted by molar-refractivity contribution is 8.00. The maximum Gasteiger partial charge on any atom is 0.340 e. The average molecular weight is 294 g/mol. The van der Waals surface area contributed by atoms with E-state index in [4.69, 9.17) is 4.74 Å². The van der Waals surface area contributed by atoms with E-state index in [1.807, 2.05) is 24.3 Å². The molecule has 1 amide bonds. The van der Waals surface area contributed by atoms with E-state index in [-0.39, 0.29) is 23.9 Å². The van der Waals surface area contributed by atoms with E-state index in [2.05, 4.69) is 20.5 Å². The smallest absolute Gasteiger partial charge is 0.340 e. The van der Waals surface area contributed by atoms with Gasteiger partial charge in [0.15, 0.2) is 0 Å². The molecule has 1 heterocycles. The molecule has 3 N–H and O–H groups in total. The summed E-state index contributed by atoms with van der Waals surface area (Å²) >= 11 is 1.41. The molecule has 0 fully saturated rings. The topological polar surface area (TPSA) is 99.9 Å². The summed E-state index contributed by atoms with van der Waals surface area (Å²) in [5.74, 6) is 1.29. The van der Waals surface area contributed by atoms with Crippen LogP contribution in [-0.2, 0) is 11.3 Å². The summed E-state index contributed by atoms with van der Waals surface area (Å²) in [5.41, 5.74) is -0.389. The summed E-state index contributed by atoms with van der Waals surface area (Å²) in [6.45, 7) is 0.191. The Balaban J connectivity index is 1.78. The first-order valence-electron chi connectivity index (χ1n) is 5.84. The fourth-order valence-electron chi connectivity index (χ4n) is 1.46. The van der Waals surface area contributed by atoms with E-state index < -0.39 is 0 Å². The van der Waals surface area contributed by atoms with Crippen LogP contribution in [0.3, 0.4) is 0 Å². The summed E-state index contributed by atoms with van der Waals surface area (Å²) in [5, 5.41) is 8.60. The molecule has 0 aliphatic rings. The molecule has 0 spiro atoms. The second-order valence-electron chi connectivity index (χ2n) is 3.87. The molecule has 0 unspecified atom stereocenters.